The number of hydrogen-bond acceptors (Lipinski definition) is 4. The molecule has 0 N–H and O–H groups in total. The van der Waals surface area contributed by atoms with E-state index in [1.54, 1.807) is 27.8 Å². The van der Waals surface area contributed by atoms with Crippen molar-refractivity contribution >= 4 is 24.0 Å². The van der Waals surface area contributed by atoms with Crippen molar-refractivity contribution in [3.63, 3.8) is 0 Å². The van der Waals surface area contributed by atoms with Crippen molar-refractivity contribution in [2.45, 2.75) is 26.3 Å². The van der Waals surface area contributed by atoms with Crippen LogP contribution in [-0.4, -0.2) is 65.4 Å². The lowest BCUT2D eigenvalue weighted by molar-refractivity contribution is -0.135. The van der Waals surface area contributed by atoms with Gasteiger partial charge in [0.05, 0.1) is 19.1 Å². The Morgan fingerprint density at radius 3 is 2.41 bits per heavy atom. The Labute approximate surface area is 159 Å². The first kappa shape index (κ1) is 18.9. The summed E-state index contributed by atoms with van der Waals surface area (Å²) in [5.74, 6) is -0.106. The first-order chi connectivity index (χ1) is 13.0. The van der Waals surface area contributed by atoms with Crippen molar-refractivity contribution in [1.29, 1.82) is 0 Å². The number of benzene rings is 1. The van der Waals surface area contributed by atoms with Crippen LogP contribution in [0.3, 0.4) is 0 Å². The van der Waals surface area contributed by atoms with Crippen molar-refractivity contribution < 1.29 is 19.1 Å². The molecular formula is C20H25N3O4. The van der Waals surface area contributed by atoms with Gasteiger partial charge in [0.15, 0.2) is 0 Å². The van der Waals surface area contributed by atoms with E-state index in [4.69, 9.17) is 4.74 Å². The van der Waals surface area contributed by atoms with Gasteiger partial charge in [-0.05, 0) is 24.1 Å². The second-order valence-corrected chi connectivity index (χ2v) is 6.66. The summed E-state index contributed by atoms with van der Waals surface area (Å²) >= 11 is 0. The zero-order valence-electron chi connectivity index (χ0n) is 15.8. The van der Waals surface area contributed by atoms with Gasteiger partial charge in [0, 0.05) is 39.3 Å². The number of nitrogens with zero attached hydrogens (tertiary/aromatic N) is 3. The first-order valence-corrected chi connectivity index (χ1v) is 9.26. The minimum Gasteiger partial charge on any atom is -0.450 e. The Morgan fingerprint density at radius 1 is 1.07 bits per heavy atom. The molecule has 1 aromatic rings. The highest BCUT2D eigenvalue weighted by Crippen LogP contribution is 2.33. The summed E-state index contributed by atoms with van der Waals surface area (Å²) in [5, 5.41) is 0. The van der Waals surface area contributed by atoms with Crippen molar-refractivity contribution in [3.8, 4) is 0 Å². The van der Waals surface area contributed by atoms with E-state index in [1.807, 2.05) is 30.3 Å². The van der Waals surface area contributed by atoms with Gasteiger partial charge < -0.3 is 19.4 Å². The Morgan fingerprint density at radius 2 is 1.74 bits per heavy atom. The molecule has 0 spiro atoms. The first-order valence-electron chi connectivity index (χ1n) is 9.26. The lowest BCUT2D eigenvalue weighted by Crippen LogP contribution is -2.51. The third-order valence-corrected chi connectivity index (χ3v) is 5.00. The standard InChI is InChI=1S/C20H25N3O4/c1-3-27-20(26)22-12-10-21(11-13-22)19(25)14-18-17-7-5-4-6-16(17)8-9-23(18)15(2)24/h4-9,18H,3,10-14H2,1-2H3. The zero-order chi connectivity index (χ0) is 19.4. The van der Waals surface area contributed by atoms with Crippen molar-refractivity contribution in [3.05, 3.63) is 41.6 Å². The summed E-state index contributed by atoms with van der Waals surface area (Å²) in [4.78, 5) is 41.7. The molecule has 1 fully saturated rings. The van der Waals surface area contributed by atoms with Crippen LogP contribution < -0.4 is 0 Å². The van der Waals surface area contributed by atoms with Gasteiger partial charge in [-0.1, -0.05) is 24.3 Å². The largest absolute Gasteiger partial charge is 0.450 e. The van der Waals surface area contributed by atoms with E-state index >= 15 is 0 Å². The van der Waals surface area contributed by atoms with E-state index in [2.05, 4.69) is 0 Å². The van der Waals surface area contributed by atoms with Crippen LogP contribution in [0.15, 0.2) is 30.5 Å². The highest BCUT2D eigenvalue weighted by atomic mass is 16.6. The molecule has 1 atom stereocenters. The Kier molecular flexibility index (Phi) is 5.78. The molecule has 0 bridgehead atoms. The number of rotatable bonds is 3. The molecule has 0 saturated carbocycles. The summed E-state index contributed by atoms with van der Waals surface area (Å²) in [7, 11) is 0. The van der Waals surface area contributed by atoms with E-state index in [9.17, 15) is 14.4 Å². The topological polar surface area (TPSA) is 70.2 Å². The second-order valence-electron chi connectivity index (χ2n) is 6.66. The van der Waals surface area contributed by atoms with Gasteiger partial charge in [0.25, 0.3) is 0 Å². The lowest BCUT2D eigenvalue weighted by Gasteiger charge is -2.37. The molecule has 2 aliphatic rings. The van der Waals surface area contributed by atoms with E-state index in [0.717, 1.165) is 11.1 Å². The number of fused-ring (bicyclic) bond motifs is 1. The quantitative estimate of drug-likeness (QED) is 0.817. The molecule has 1 unspecified atom stereocenters. The summed E-state index contributed by atoms with van der Waals surface area (Å²) < 4.78 is 5.01. The van der Waals surface area contributed by atoms with Gasteiger partial charge in [-0.3, -0.25) is 9.59 Å². The van der Waals surface area contributed by atoms with Gasteiger partial charge in [0.1, 0.15) is 0 Å². The van der Waals surface area contributed by atoms with Gasteiger partial charge >= 0.3 is 6.09 Å². The molecule has 144 valence electrons. The number of carbonyl (C=O) groups is 3. The number of amides is 3. The van der Waals surface area contributed by atoms with Crippen molar-refractivity contribution in [2.24, 2.45) is 0 Å². The number of carbonyl (C=O) groups excluding carboxylic acids is 3. The minimum atomic E-state index is -0.335. The summed E-state index contributed by atoms with van der Waals surface area (Å²) in [6.45, 7) is 5.49. The maximum absolute atomic E-state index is 12.9. The van der Waals surface area contributed by atoms with Crippen LogP contribution in [-0.2, 0) is 14.3 Å². The monoisotopic (exact) mass is 371 g/mol. The zero-order valence-corrected chi connectivity index (χ0v) is 15.8. The second kappa shape index (κ2) is 8.24. The smallest absolute Gasteiger partial charge is 0.409 e. The maximum Gasteiger partial charge on any atom is 0.409 e. The Balaban J connectivity index is 1.67. The maximum atomic E-state index is 12.9. The van der Waals surface area contributed by atoms with Crippen LogP contribution in [0.5, 0.6) is 0 Å². The highest BCUT2D eigenvalue weighted by Gasteiger charge is 2.31. The van der Waals surface area contributed by atoms with Gasteiger partial charge in [0.2, 0.25) is 11.8 Å². The minimum absolute atomic E-state index is 0.0140. The van der Waals surface area contributed by atoms with Crippen LogP contribution in [0.2, 0.25) is 0 Å². The van der Waals surface area contributed by atoms with E-state index in [-0.39, 0.29) is 30.4 Å². The Bertz CT molecular complexity index is 753. The van der Waals surface area contributed by atoms with E-state index in [0.29, 0.717) is 32.8 Å². The predicted octanol–water partition coefficient (Wildman–Crippen LogP) is 2.25. The fourth-order valence-corrected chi connectivity index (χ4v) is 3.56. The molecule has 2 heterocycles. The fraction of sp³-hybridized carbons (Fsp3) is 0.450. The van der Waals surface area contributed by atoms with Crippen molar-refractivity contribution in [2.75, 3.05) is 32.8 Å². The van der Waals surface area contributed by atoms with Gasteiger partial charge in [-0.25, -0.2) is 4.79 Å². The fourth-order valence-electron chi connectivity index (χ4n) is 3.56. The molecule has 0 aromatic heterocycles. The van der Waals surface area contributed by atoms with E-state index in [1.165, 1.54) is 6.92 Å². The number of ether oxygens (including phenoxy) is 1. The van der Waals surface area contributed by atoms with Gasteiger partial charge in [-0.15, -0.1) is 0 Å². The summed E-state index contributed by atoms with van der Waals surface area (Å²) in [6.07, 6.45) is 3.54. The van der Waals surface area contributed by atoms with Crippen LogP contribution in [0, 0.1) is 0 Å². The molecule has 3 rings (SSSR count). The molecule has 1 aromatic carbocycles. The van der Waals surface area contributed by atoms with Gasteiger partial charge in [-0.2, -0.15) is 0 Å². The summed E-state index contributed by atoms with van der Waals surface area (Å²) in [6, 6.07) is 7.51. The van der Waals surface area contributed by atoms with E-state index < -0.39 is 0 Å². The third-order valence-electron chi connectivity index (χ3n) is 5.00. The molecule has 3 amide bonds. The normalized spacial score (nSPS) is 18.9. The lowest BCUT2D eigenvalue weighted by atomic mass is 9.93. The van der Waals surface area contributed by atoms with Crippen LogP contribution in [0.25, 0.3) is 6.08 Å². The average molecular weight is 371 g/mol. The van der Waals surface area contributed by atoms with Crippen LogP contribution >= 0.6 is 0 Å². The Hall–Kier alpha value is -2.83. The summed E-state index contributed by atoms with van der Waals surface area (Å²) in [5.41, 5.74) is 2.01. The molecule has 0 aliphatic carbocycles. The third kappa shape index (κ3) is 4.13. The highest BCUT2D eigenvalue weighted by molar-refractivity contribution is 5.82. The molecule has 27 heavy (non-hydrogen) atoms. The molecule has 7 heteroatoms. The predicted molar refractivity (Wildman–Crippen MR) is 101 cm³/mol. The number of hydrogen-bond donors (Lipinski definition) is 0. The average Bonchev–Trinajstić information content (AvgIpc) is 2.68. The molecule has 1 saturated heterocycles. The number of piperazine rings is 1. The molecule has 0 radical (unpaired) electrons. The van der Waals surface area contributed by atoms with Crippen LogP contribution in [0.1, 0.15) is 37.4 Å². The molecule has 2 aliphatic heterocycles. The molecular weight excluding hydrogens is 346 g/mol. The van der Waals surface area contributed by atoms with Crippen LogP contribution in [0.4, 0.5) is 4.79 Å². The molecule has 7 nitrogen and oxygen atoms in total. The van der Waals surface area contributed by atoms with Crippen molar-refractivity contribution in [1.82, 2.24) is 14.7 Å². The SMILES string of the molecule is CCOC(=O)N1CCN(C(=O)CC2c3ccccc3C=CN2C(C)=O)CC1.